The zero-order valence-corrected chi connectivity index (χ0v) is 18.9. The standard InChI is InChI=1S/C15H10ClF4NO2.C5H4ClNO2S/c1-7-4-8(17)2-3-12(7)23-13-6-10(15(18,19)20)11(16)5-9(13)14(21)22;6-10(8,9)5-3-1-2-4-7-5/h2-6H,1H3,(H2,21,22);1-4H. The number of hydrogen-bond acceptors (Lipinski definition) is 5. The van der Waals surface area contributed by atoms with Gasteiger partial charge < -0.3 is 10.5 Å². The molecule has 0 spiro atoms. The first-order chi connectivity index (χ1) is 15.2. The van der Waals surface area contributed by atoms with E-state index in [0.717, 1.165) is 18.2 Å². The van der Waals surface area contributed by atoms with Gasteiger partial charge in [-0.15, -0.1) is 0 Å². The number of carbonyl (C=O) groups excluding carboxylic acids is 1. The lowest BCUT2D eigenvalue weighted by Gasteiger charge is -2.15. The third-order valence-electron chi connectivity index (χ3n) is 3.88. The van der Waals surface area contributed by atoms with Gasteiger partial charge in [-0.25, -0.2) is 17.8 Å². The zero-order chi connectivity index (χ0) is 25.0. The fourth-order valence-electron chi connectivity index (χ4n) is 2.38. The third-order valence-corrected chi connectivity index (χ3v) is 5.41. The molecule has 13 heteroatoms. The molecule has 1 amide bonds. The molecule has 0 aliphatic heterocycles. The van der Waals surface area contributed by atoms with E-state index in [9.17, 15) is 30.8 Å². The van der Waals surface area contributed by atoms with E-state index in [0.29, 0.717) is 11.6 Å². The number of aromatic nitrogens is 1. The molecule has 2 aromatic carbocycles. The number of nitrogens with two attached hydrogens (primary N) is 1. The minimum Gasteiger partial charge on any atom is -0.456 e. The van der Waals surface area contributed by atoms with E-state index in [1.54, 1.807) is 12.1 Å². The smallest absolute Gasteiger partial charge is 0.417 e. The van der Waals surface area contributed by atoms with Crippen molar-refractivity contribution in [2.24, 2.45) is 5.73 Å². The fraction of sp³-hybridized carbons (Fsp3) is 0.100. The summed E-state index contributed by atoms with van der Waals surface area (Å²) in [5.74, 6) is -1.86. The summed E-state index contributed by atoms with van der Waals surface area (Å²) in [4.78, 5) is 14.9. The molecule has 0 atom stereocenters. The van der Waals surface area contributed by atoms with Crippen molar-refractivity contribution in [1.29, 1.82) is 0 Å². The van der Waals surface area contributed by atoms with Gasteiger partial charge in [0.25, 0.3) is 15.0 Å². The van der Waals surface area contributed by atoms with E-state index in [2.05, 4.69) is 4.98 Å². The molecule has 0 saturated carbocycles. The van der Waals surface area contributed by atoms with Gasteiger partial charge in [-0.2, -0.15) is 13.2 Å². The molecule has 1 aromatic heterocycles. The number of amides is 1. The van der Waals surface area contributed by atoms with Gasteiger partial charge in [0.15, 0.2) is 5.03 Å². The summed E-state index contributed by atoms with van der Waals surface area (Å²) in [6.45, 7) is 1.50. The lowest BCUT2D eigenvalue weighted by molar-refractivity contribution is -0.137. The number of halogens is 6. The van der Waals surface area contributed by atoms with Crippen molar-refractivity contribution in [3.63, 3.8) is 0 Å². The van der Waals surface area contributed by atoms with Crippen LogP contribution in [0.15, 0.2) is 59.8 Å². The van der Waals surface area contributed by atoms with E-state index in [-0.39, 0.29) is 16.3 Å². The number of benzene rings is 2. The number of carbonyl (C=O) groups is 1. The van der Waals surface area contributed by atoms with Crippen LogP contribution in [-0.2, 0) is 15.2 Å². The molecule has 0 bridgehead atoms. The van der Waals surface area contributed by atoms with Crippen LogP contribution in [0.2, 0.25) is 5.02 Å². The summed E-state index contributed by atoms with van der Waals surface area (Å²) in [5.41, 5.74) is 4.00. The summed E-state index contributed by atoms with van der Waals surface area (Å²) in [6.07, 6.45) is -3.36. The van der Waals surface area contributed by atoms with Crippen molar-refractivity contribution in [3.8, 4) is 11.5 Å². The number of ether oxygens (including phenoxy) is 1. The average Bonchev–Trinajstić information content (AvgIpc) is 2.70. The predicted octanol–water partition coefficient (Wildman–Crippen LogP) is 5.71. The Kier molecular flexibility index (Phi) is 8.28. The number of alkyl halides is 3. The lowest BCUT2D eigenvalue weighted by Crippen LogP contribution is -2.14. The summed E-state index contributed by atoms with van der Waals surface area (Å²) in [6, 6.07) is 9.34. The second-order valence-electron chi connectivity index (χ2n) is 6.31. The molecule has 2 N–H and O–H groups in total. The minimum absolute atomic E-state index is 0.0874. The maximum absolute atomic E-state index is 13.1. The van der Waals surface area contributed by atoms with Gasteiger partial charge in [-0.3, -0.25) is 4.79 Å². The van der Waals surface area contributed by atoms with Crippen LogP contribution in [0.1, 0.15) is 21.5 Å². The van der Waals surface area contributed by atoms with Crippen LogP contribution in [0.5, 0.6) is 11.5 Å². The number of rotatable bonds is 4. The molecular weight excluding hydrogens is 511 g/mol. The molecule has 33 heavy (non-hydrogen) atoms. The van der Waals surface area contributed by atoms with Gasteiger partial charge in [0.1, 0.15) is 17.3 Å². The van der Waals surface area contributed by atoms with E-state index in [1.807, 2.05) is 0 Å². The maximum atomic E-state index is 13.1. The minimum atomic E-state index is -4.73. The highest BCUT2D eigenvalue weighted by atomic mass is 35.7. The van der Waals surface area contributed by atoms with Crippen molar-refractivity contribution in [2.75, 3.05) is 0 Å². The van der Waals surface area contributed by atoms with E-state index >= 15 is 0 Å². The Balaban J connectivity index is 0.000000321. The molecule has 6 nitrogen and oxygen atoms in total. The summed E-state index contributed by atoms with van der Waals surface area (Å²) in [7, 11) is 1.33. The first kappa shape index (κ1) is 26.4. The molecule has 0 aliphatic rings. The van der Waals surface area contributed by atoms with Gasteiger partial charge in [-0.1, -0.05) is 17.7 Å². The van der Waals surface area contributed by atoms with Gasteiger partial charge in [0.2, 0.25) is 0 Å². The number of primary amides is 1. The highest BCUT2D eigenvalue weighted by Crippen LogP contribution is 2.40. The van der Waals surface area contributed by atoms with Crippen molar-refractivity contribution in [3.05, 3.63) is 82.3 Å². The van der Waals surface area contributed by atoms with E-state index in [4.69, 9.17) is 32.8 Å². The van der Waals surface area contributed by atoms with Gasteiger partial charge in [-0.05, 0) is 55.0 Å². The summed E-state index contributed by atoms with van der Waals surface area (Å²) in [5, 5.41) is -0.786. The van der Waals surface area contributed by atoms with Gasteiger partial charge in [0, 0.05) is 16.9 Å². The second-order valence-corrected chi connectivity index (χ2v) is 9.23. The molecule has 0 radical (unpaired) electrons. The fourth-order valence-corrected chi connectivity index (χ4v) is 3.36. The van der Waals surface area contributed by atoms with Crippen LogP contribution in [-0.4, -0.2) is 19.3 Å². The summed E-state index contributed by atoms with van der Waals surface area (Å²) < 4.78 is 78.2. The highest BCUT2D eigenvalue weighted by Gasteiger charge is 2.35. The molecule has 0 fully saturated rings. The zero-order valence-electron chi connectivity index (χ0n) is 16.5. The Morgan fingerprint density at radius 1 is 1.09 bits per heavy atom. The Labute approximate surface area is 195 Å². The number of pyridine rings is 1. The average molecular weight is 525 g/mol. The Bertz CT molecular complexity index is 1270. The predicted molar refractivity (Wildman–Crippen MR) is 113 cm³/mol. The van der Waals surface area contributed by atoms with Crippen molar-refractivity contribution < 1.29 is 35.5 Å². The van der Waals surface area contributed by atoms with Crippen LogP contribution in [0.25, 0.3) is 0 Å². The van der Waals surface area contributed by atoms with Crippen LogP contribution in [0.3, 0.4) is 0 Å². The first-order valence-corrected chi connectivity index (χ1v) is 11.4. The number of aryl methyl sites for hydroxylation is 1. The highest BCUT2D eigenvalue weighted by molar-refractivity contribution is 8.13. The summed E-state index contributed by atoms with van der Waals surface area (Å²) >= 11 is 5.55. The van der Waals surface area contributed by atoms with E-state index in [1.165, 1.54) is 25.3 Å². The molecule has 0 unspecified atom stereocenters. The van der Waals surface area contributed by atoms with Crippen LogP contribution < -0.4 is 10.5 Å². The van der Waals surface area contributed by atoms with Gasteiger partial charge in [0.05, 0.1) is 16.1 Å². The SMILES string of the molecule is Cc1cc(F)ccc1Oc1cc(C(F)(F)F)c(Cl)cc1C(N)=O.O=S(=O)(Cl)c1ccccn1. The second kappa shape index (κ2) is 10.4. The van der Waals surface area contributed by atoms with Crippen molar-refractivity contribution in [1.82, 2.24) is 4.98 Å². The largest absolute Gasteiger partial charge is 0.456 e. The Morgan fingerprint density at radius 3 is 2.21 bits per heavy atom. The van der Waals surface area contributed by atoms with Gasteiger partial charge >= 0.3 is 6.18 Å². The Hall–Kier alpha value is -2.89. The first-order valence-electron chi connectivity index (χ1n) is 8.70. The molecule has 176 valence electrons. The normalized spacial score (nSPS) is 11.4. The maximum Gasteiger partial charge on any atom is 0.417 e. The van der Waals surface area contributed by atoms with Crippen LogP contribution >= 0.6 is 22.3 Å². The molecule has 3 aromatic rings. The number of nitrogens with zero attached hydrogens (tertiary/aromatic N) is 1. The monoisotopic (exact) mass is 524 g/mol. The van der Waals surface area contributed by atoms with Crippen molar-refractivity contribution >= 4 is 37.2 Å². The molecule has 3 rings (SSSR count). The number of hydrogen-bond donors (Lipinski definition) is 1. The van der Waals surface area contributed by atoms with Crippen LogP contribution in [0, 0.1) is 12.7 Å². The molecule has 1 heterocycles. The third kappa shape index (κ3) is 7.31. The molecule has 0 aliphatic carbocycles. The lowest BCUT2D eigenvalue weighted by atomic mass is 10.1. The molecule has 0 saturated heterocycles. The van der Waals surface area contributed by atoms with Crippen molar-refractivity contribution in [2.45, 2.75) is 18.1 Å². The quantitative estimate of drug-likeness (QED) is 0.348. The van der Waals surface area contributed by atoms with Crippen LogP contribution in [0.4, 0.5) is 17.6 Å². The Morgan fingerprint density at radius 2 is 1.76 bits per heavy atom. The molecular formula is C20H14Cl2F4N2O4S. The topological polar surface area (TPSA) is 99.4 Å². The van der Waals surface area contributed by atoms with E-state index < -0.39 is 43.3 Å².